The Morgan fingerprint density at radius 1 is 0.812 bits per heavy atom. The number of carbonyl (C=O) groups is 1. The minimum atomic E-state index is -1.56. The third-order valence-corrected chi connectivity index (χ3v) is 9.04. The largest absolute Gasteiger partial charge is 0.396 e. The van der Waals surface area contributed by atoms with Crippen molar-refractivity contribution in [2.24, 2.45) is 5.92 Å². The SMILES string of the molecule is O=C(NC(=S)NC1(c2cccc(F)c2F)COC(COC(c2ccccc2)(c2ccccc2)c2ccccc2)C1CO)c1ccccc1. The Hall–Kier alpha value is -4.80. The highest BCUT2D eigenvalue weighted by molar-refractivity contribution is 7.80. The number of ether oxygens (including phenoxy) is 2. The van der Waals surface area contributed by atoms with E-state index in [1.54, 1.807) is 30.3 Å². The highest BCUT2D eigenvalue weighted by Gasteiger charge is 2.53. The van der Waals surface area contributed by atoms with Gasteiger partial charge in [0.25, 0.3) is 5.91 Å². The number of aliphatic hydroxyl groups excluding tert-OH is 1. The van der Waals surface area contributed by atoms with Crippen molar-refractivity contribution in [3.05, 3.63) is 179 Å². The molecule has 6 rings (SSSR count). The zero-order chi connectivity index (χ0) is 33.6. The van der Waals surface area contributed by atoms with Crippen LogP contribution in [-0.4, -0.2) is 42.1 Å². The highest BCUT2D eigenvalue weighted by Crippen LogP contribution is 2.44. The summed E-state index contributed by atoms with van der Waals surface area (Å²) in [7, 11) is 0. The van der Waals surface area contributed by atoms with Gasteiger partial charge in [-0.25, -0.2) is 8.78 Å². The Kier molecular flexibility index (Phi) is 10.0. The fourth-order valence-corrected chi connectivity index (χ4v) is 6.79. The molecular weight excluding hydrogens is 631 g/mol. The molecule has 6 nitrogen and oxygen atoms in total. The van der Waals surface area contributed by atoms with Crippen molar-refractivity contribution in [2.45, 2.75) is 17.2 Å². The average molecular weight is 665 g/mol. The number of amides is 1. The number of hydrogen-bond acceptors (Lipinski definition) is 5. The second kappa shape index (κ2) is 14.5. The van der Waals surface area contributed by atoms with Gasteiger partial charge in [0.05, 0.1) is 31.5 Å². The molecule has 0 aromatic heterocycles. The molecule has 0 spiro atoms. The Morgan fingerprint density at radius 3 is 1.85 bits per heavy atom. The van der Waals surface area contributed by atoms with E-state index in [4.69, 9.17) is 21.7 Å². The molecule has 1 saturated heterocycles. The highest BCUT2D eigenvalue weighted by atomic mass is 32.1. The second-order valence-corrected chi connectivity index (χ2v) is 12.0. The number of halogens is 2. The molecule has 3 N–H and O–H groups in total. The van der Waals surface area contributed by atoms with Gasteiger partial charge in [-0.15, -0.1) is 0 Å². The van der Waals surface area contributed by atoms with Gasteiger partial charge in [0, 0.05) is 17.0 Å². The quantitative estimate of drug-likeness (QED) is 0.117. The predicted molar refractivity (Wildman–Crippen MR) is 183 cm³/mol. The van der Waals surface area contributed by atoms with Crippen molar-refractivity contribution in [1.82, 2.24) is 10.6 Å². The maximum Gasteiger partial charge on any atom is 0.257 e. The van der Waals surface area contributed by atoms with Crippen LogP contribution in [0.2, 0.25) is 0 Å². The van der Waals surface area contributed by atoms with Crippen LogP contribution in [-0.2, 0) is 20.6 Å². The molecule has 0 aliphatic carbocycles. The fraction of sp³-hybridized carbons (Fsp3) is 0.179. The van der Waals surface area contributed by atoms with E-state index < -0.39 is 47.3 Å². The van der Waals surface area contributed by atoms with Gasteiger partial charge >= 0.3 is 0 Å². The minimum Gasteiger partial charge on any atom is -0.396 e. The second-order valence-electron chi connectivity index (χ2n) is 11.6. The lowest BCUT2D eigenvalue weighted by atomic mass is 9.77. The van der Waals surface area contributed by atoms with E-state index in [1.165, 1.54) is 12.1 Å². The minimum absolute atomic E-state index is 0.0482. The topological polar surface area (TPSA) is 79.8 Å². The first-order valence-electron chi connectivity index (χ1n) is 15.5. The first-order chi connectivity index (χ1) is 23.4. The summed E-state index contributed by atoms with van der Waals surface area (Å²) in [5.74, 6) is -3.56. The van der Waals surface area contributed by atoms with Crippen LogP contribution in [0.25, 0.3) is 0 Å². The van der Waals surface area contributed by atoms with Crippen LogP contribution in [0.4, 0.5) is 8.78 Å². The summed E-state index contributed by atoms with van der Waals surface area (Å²) in [5, 5.41) is 16.5. The summed E-state index contributed by atoms with van der Waals surface area (Å²) in [5.41, 5.74) is 0.212. The fourth-order valence-electron chi connectivity index (χ4n) is 6.51. The first kappa shape index (κ1) is 33.1. The molecule has 5 aromatic rings. The van der Waals surface area contributed by atoms with Gasteiger partial charge in [-0.05, 0) is 47.1 Å². The Morgan fingerprint density at radius 2 is 1.33 bits per heavy atom. The van der Waals surface area contributed by atoms with Crippen LogP contribution in [0.1, 0.15) is 32.6 Å². The molecule has 0 saturated carbocycles. The van der Waals surface area contributed by atoms with E-state index in [0.29, 0.717) is 5.56 Å². The van der Waals surface area contributed by atoms with Crippen LogP contribution >= 0.6 is 12.2 Å². The van der Waals surface area contributed by atoms with Crippen molar-refractivity contribution in [2.75, 3.05) is 19.8 Å². The van der Waals surface area contributed by atoms with Gasteiger partial charge in [0.2, 0.25) is 0 Å². The molecule has 0 bridgehead atoms. The lowest BCUT2D eigenvalue weighted by Crippen LogP contribution is -2.57. The molecule has 9 heteroatoms. The van der Waals surface area contributed by atoms with Crippen molar-refractivity contribution in [1.29, 1.82) is 0 Å². The van der Waals surface area contributed by atoms with Crippen molar-refractivity contribution in [3.8, 4) is 0 Å². The molecule has 1 fully saturated rings. The van der Waals surface area contributed by atoms with Crippen molar-refractivity contribution >= 4 is 23.2 Å². The van der Waals surface area contributed by atoms with Gasteiger partial charge in [-0.2, -0.15) is 0 Å². The van der Waals surface area contributed by atoms with E-state index in [0.717, 1.165) is 22.8 Å². The summed E-state index contributed by atoms with van der Waals surface area (Å²) in [6.45, 7) is -0.752. The lowest BCUT2D eigenvalue weighted by Gasteiger charge is -2.39. The summed E-state index contributed by atoms with van der Waals surface area (Å²) in [6.07, 6.45) is -0.812. The standard InChI is InChI=1S/C39H34F2N2O4S/c40-33-23-13-22-31(35(33)41)38(43-37(48)42-36(45)27-14-5-1-6-15-27)26-46-34(32(38)24-44)25-47-39(28-16-7-2-8-17-28,29-18-9-3-10-19-29)30-20-11-4-12-21-30/h1-23,32,34,44H,24-26H2,(H2,42,43,45,48). The molecule has 244 valence electrons. The first-order valence-corrected chi connectivity index (χ1v) is 16.0. The van der Waals surface area contributed by atoms with Crippen LogP contribution in [0.15, 0.2) is 140 Å². The van der Waals surface area contributed by atoms with E-state index in [1.807, 2.05) is 91.0 Å². The molecule has 1 aliphatic rings. The Bertz CT molecular complexity index is 1750. The number of rotatable bonds is 10. The van der Waals surface area contributed by atoms with E-state index in [-0.39, 0.29) is 23.9 Å². The maximum absolute atomic E-state index is 15.6. The molecule has 1 amide bonds. The molecule has 5 aromatic carbocycles. The zero-order valence-electron chi connectivity index (χ0n) is 25.9. The van der Waals surface area contributed by atoms with Crippen LogP contribution in [0, 0.1) is 17.6 Å². The van der Waals surface area contributed by atoms with E-state index in [9.17, 15) is 14.3 Å². The number of hydrogen-bond donors (Lipinski definition) is 3. The normalized spacial score (nSPS) is 19.1. The lowest BCUT2D eigenvalue weighted by molar-refractivity contribution is -0.0603. The molecule has 3 unspecified atom stereocenters. The molecule has 0 radical (unpaired) electrons. The molecule has 1 aliphatic heterocycles. The molecule has 1 heterocycles. The monoisotopic (exact) mass is 664 g/mol. The number of carbonyl (C=O) groups excluding carboxylic acids is 1. The van der Waals surface area contributed by atoms with Crippen molar-refractivity contribution < 1.29 is 28.2 Å². The van der Waals surface area contributed by atoms with Crippen LogP contribution < -0.4 is 10.6 Å². The summed E-state index contributed by atoms with van der Waals surface area (Å²) in [4.78, 5) is 12.9. The summed E-state index contributed by atoms with van der Waals surface area (Å²) >= 11 is 5.54. The predicted octanol–water partition coefficient (Wildman–Crippen LogP) is 6.48. The van der Waals surface area contributed by atoms with Gasteiger partial charge in [0.1, 0.15) is 5.60 Å². The van der Waals surface area contributed by atoms with Gasteiger partial charge in [0.15, 0.2) is 16.7 Å². The zero-order valence-corrected chi connectivity index (χ0v) is 26.7. The van der Waals surface area contributed by atoms with E-state index >= 15 is 4.39 Å². The van der Waals surface area contributed by atoms with Gasteiger partial charge < -0.3 is 19.9 Å². The van der Waals surface area contributed by atoms with Gasteiger partial charge in [-0.1, -0.05) is 121 Å². The molecular formula is C39H34F2N2O4S. The average Bonchev–Trinajstić information content (AvgIpc) is 3.48. The molecule has 48 heavy (non-hydrogen) atoms. The molecule has 3 atom stereocenters. The Labute approximate surface area is 283 Å². The van der Waals surface area contributed by atoms with E-state index in [2.05, 4.69) is 10.6 Å². The van der Waals surface area contributed by atoms with Gasteiger partial charge in [-0.3, -0.25) is 10.1 Å². The number of thiocarbonyl (C=S) groups is 1. The van der Waals surface area contributed by atoms with Crippen molar-refractivity contribution in [3.63, 3.8) is 0 Å². The summed E-state index contributed by atoms with van der Waals surface area (Å²) in [6, 6.07) is 41.6. The van der Waals surface area contributed by atoms with Crippen LogP contribution in [0.3, 0.4) is 0 Å². The number of nitrogens with one attached hydrogen (secondary N) is 2. The van der Waals surface area contributed by atoms with Crippen LogP contribution in [0.5, 0.6) is 0 Å². The number of aliphatic hydroxyl groups is 1. The number of benzene rings is 5. The third-order valence-electron chi connectivity index (χ3n) is 8.84. The maximum atomic E-state index is 15.6. The third kappa shape index (κ3) is 6.37. The smallest absolute Gasteiger partial charge is 0.257 e. The summed E-state index contributed by atoms with van der Waals surface area (Å²) < 4.78 is 43.7. The Balaban J connectivity index is 1.37.